The molecule has 0 spiro atoms. The number of fused-ring (bicyclic) bond motifs is 1. The summed E-state index contributed by atoms with van der Waals surface area (Å²) in [6.45, 7) is -0.107. The van der Waals surface area contributed by atoms with E-state index in [9.17, 15) is 45.3 Å². The number of hydrogen-bond donors (Lipinski definition) is 7. The summed E-state index contributed by atoms with van der Waals surface area (Å²) in [6, 6.07) is 8.88. The van der Waals surface area contributed by atoms with E-state index < -0.39 is 65.1 Å². The second-order valence-corrected chi connectivity index (χ2v) is 11.0. The second kappa shape index (κ2) is 12.6. The van der Waals surface area contributed by atoms with Gasteiger partial charge in [0.15, 0.2) is 23.0 Å². The number of benzene rings is 2. The zero-order chi connectivity index (χ0) is 31.8. The van der Waals surface area contributed by atoms with Crippen LogP contribution >= 0.6 is 0 Å². The summed E-state index contributed by atoms with van der Waals surface area (Å²) in [4.78, 5) is 24.9. The van der Waals surface area contributed by atoms with Crippen LogP contribution < -0.4 is 19.6 Å². The van der Waals surface area contributed by atoms with Gasteiger partial charge >= 0.3 is 5.97 Å². The van der Waals surface area contributed by atoms with Crippen LogP contribution in [0.3, 0.4) is 0 Å². The number of carboxylic acid groups (broad SMARTS) is 1. The van der Waals surface area contributed by atoms with Gasteiger partial charge in [0, 0.05) is 37.1 Å². The molecule has 7 atom stereocenters. The lowest BCUT2D eigenvalue weighted by atomic mass is 9.83. The van der Waals surface area contributed by atoms with Crippen molar-refractivity contribution in [1.29, 1.82) is 0 Å². The number of aromatic hydroxyl groups is 1. The number of phenolic OH excluding ortho intramolecular Hbond substituents is 1. The molecule has 0 amide bonds. The molecular formula is C30H34O14. The molecule has 44 heavy (non-hydrogen) atoms. The lowest BCUT2D eigenvalue weighted by molar-refractivity contribution is -0.271. The molecule has 1 aliphatic heterocycles. The quantitative estimate of drug-likeness (QED) is 0.167. The Hall–Kier alpha value is -3.92. The van der Waals surface area contributed by atoms with E-state index in [2.05, 4.69) is 0 Å². The molecule has 1 saturated carbocycles. The van der Waals surface area contributed by atoms with E-state index in [0.717, 1.165) is 18.6 Å². The van der Waals surface area contributed by atoms with Crippen LogP contribution in [-0.2, 0) is 9.53 Å². The van der Waals surface area contributed by atoms with Crippen molar-refractivity contribution in [2.24, 2.45) is 5.92 Å². The van der Waals surface area contributed by atoms with Gasteiger partial charge in [-0.15, -0.1) is 0 Å². The van der Waals surface area contributed by atoms with E-state index in [0.29, 0.717) is 24.2 Å². The van der Waals surface area contributed by atoms with Crippen LogP contribution in [-0.4, -0.2) is 91.9 Å². The van der Waals surface area contributed by atoms with Gasteiger partial charge in [-0.3, -0.25) is 4.79 Å². The van der Waals surface area contributed by atoms with Crippen LogP contribution in [0.1, 0.15) is 32.1 Å². The minimum Gasteiger partial charge on any atom is -0.504 e. The van der Waals surface area contributed by atoms with Crippen molar-refractivity contribution >= 4 is 16.9 Å². The number of aliphatic hydroxyl groups excluding tert-OH is 4. The molecule has 1 saturated heterocycles. The Bertz CT molecular complexity index is 1550. The van der Waals surface area contributed by atoms with Crippen LogP contribution in [0, 0.1) is 5.92 Å². The van der Waals surface area contributed by atoms with Gasteiger partial charge in [-0.1, -0.05) is 0 Å². The molecule has 3 aromatic rings. The number of carboxylic acids is 1. The van der Waals surface area contributed by atoms with Crippen molar-refractivity contribution in [3.05, 3.63) is 46.6 Å². The predicted molar refractivity (Wildman–Crippen MR) is 150 cm³/mol. The summed E-state index contributed by atoms with van der Waals surface area (Å²) in [7, 11) is 1.50. The van der Waals surface area contributed by atoms with E-state index in [1.807, 2.05) is 0 Å². The highest BCUT2D eigenvalue weighted by Gasteiger charge is 2.49. The minimum atomic E-state index is -1.99. The predicted octanol–water partition coefficient (Wildman–Crippen LogP) is 1.09. The fourth-order valence-electron chi connectivity index (χ4n) is 5.65. The number of ether oxygens (including phenoxy) is 4. The number of phenols is 1. The smallest absolute Gasteiger partial charge is 0.335 e. The minimum absolute atomic E-state index is 0.0735. The highest BCUT2D eigenvalue weighted by atomic mass is 16.7. The van der Waals surface area contributed by atoms with Crippen molar-refractivity contribution in [3.8, 4) is 34.3 Å². The van der Waals surface area contributed by atoms with E-state index in [4.69, 9.17) is 23.4 Å². The fraction of sp³-hybridized carbons (Fsp3) is 0.467. The molecule has 2 aliphatic rings. The maximum Gasteiger partial charge on any atom is 0.335 e. The van der Waals surface area contributed by atoms with Gasteiger partial charge in [0.2, 0.25) is 17.8 Å². The Labute approximate surface area is 250 Å². The number of aliphatic carboxylic acids is 1. The number of rotatable bonds is 9. The Kier molecular flexibility index (Phi) is 9.02. The van der Waals surface area contributed by atoms with E-state index in [1.165, 1.54) is 7.11 Å². The molecule has 2 fully saturated rings. The molecule has 14 nitrogen and oxygen atoms in total. The maximum absolute atomic E-state index is 13.3. The first-order chi connectivity index (χ1) is 20.9. The van der Waals surface area contributed by atoms with Crippen LogP contribution in [0.2, 0.25) is 0 Å². The molecular weight excluding hydrogens is 584 g/mol. The van der Waals surface area contributed by atoms with E-state index in [-0.39, 0.29) is 42.1 Å². The average Bonchev–Trinajstić information content (AvgIpc) is 2.99. The lowest BCUT2D eigenvalue weighted by Gasteiger charge is -2.39. The highest BCUT2D eigenvalue weighted by molar-refractivity contribution is 5.89. The number of methoxy groups -OCH3 is 1. The van der Waals surface area contributed by atoms with Crippen molar-refractivity contribution < 1.29 is 63.9 Å². The highest BCUT2D eigenvalue weighted by Crippen LogP contribution is 2.47. The Morgan fingerprint density at radius 1 is 1.09 bits per heavy atom. The zero-order valence-electron chi connectivity index (χ0n) is 23.7. The van der Waals surface area contributed by atoms with Gasteiger partial charge in [0.1, 0.15) is 40.8 Å². The summed E-state index contributed by atoms with van der Waals surface area (Å²) in [5, 5.41) is 72.2. The van der Waals surface area contributed by atoms with Gasteiger partial charge in [-0.2, -0.15) is 0 Å². The molecule has 2 heterocycles. The average molecular weight is 619 g/mol. The number of carbonyl (C=O) groups is 1. The number of aliphatic hydroxyl groups is 5. The molecule has 0 bridgehead atoms. The Balaban J connectivity index is 1.61. The van der Waals surface area contributed by atoms with Crippen LogP contribution in [0.25, 0.3) is 22.3 Å². The third kappa shape index (κ3) is 6.18. The summed E-state index contributed by atoms with van der Waals surface area (Å²) < 4.78 is 28.0. The topological polar surface area (TPSA) is 226 Å². The van der Waals surface area contributed by atoms with Gasteiger partial charge in [-0.25, -0.2) is 4.79 Å². The monoisotopic (exact) mass is 618 g/mol. The van der Waals surface area contributed by atoms with Gasteiger partial charge in [0.25, 0.3) is 0 Å². The SMILES string of the molecule is COc1ccc(-c2cc(=O)c3c(O)c(O[C@@]4(O)CCC[C@H](CCO)C4)c(O[C@@H]4O[C@H](C(=O)O)[C@@H](O)[C@@H](O)[C@H]4O)cc3o2)cc1. The summed E-state index contributed by atoms with van der Waals surface area (Å²) in [5.41, 5.74) is -0.373. The van der Waals surface area contributed by atoms with Gasteiger partial charge in [-0.05, 0) is 49.4 Å². The third-order valence-corrected chi connectivity index (χ3v) is 7.96. The van der Waals surface area contributed by atoms with E-state index >= 15 is 0 Å². The molecule has 7 N–H and O–H groups in total. The molecule has 1 aliphatic carbocycles. The lowest BCUT2D eigenvalue weighted by Crippen LogP contribution is -2.61. The van der Waals surface area contributed by atoms with Crippen molar-refractivity contribution in [2.75, 3.05) is 13.7 Å². The van der Waals surface area contributed by atoms with Gasteiger partial charge in [0.05, 0.1) is 7.11 Å². The Morgan fingerprint density at radius 2 is 1.82 bits per heavy atom. The standard InChI is InChI=1S/C30H34O14/c1-40-16-6-4-15(5-7-16)18-11-17(32)21-19(41-18)12-20(42-29-25(36)23(34)24(35)27(43-29)28(37)38)26(22(21)33)44-30(39)9-2-3-14(13-30)8-10-31/h4-7,11-12,14,23-25,27,29,31,33-36,39H,2-3,8-10,13H2,1H3,(H,37,38)/t14-,23-,24+,25-,27+,29-,30+/m1/s1. The molecule has 5 rings (SSSR count). The first kappa shape index (κ1) is 31.5. The molecule has 14 heteroatoms. The van der Waals surface area contributed by atoms with Crippen molar-refractivity contribution in [3.63, 3.8) is 0 Å². The first-order valence-corrected chi connectivity index (χ1v) is 14.0. The van der Waals surface area contributed by atoms with Crippen LogP contribution in [0.5, 0.6) is 23.0 Å². The zero-order valence-corrected chi connectivity index (χ0v) is 23.7. The molecule has 0 unspecified atom stereocenters. The molecule has 2 aromatic carbocycles. The second-order valence-electron chi connectivity index (χ2n) is 11.0. The largest absolute Gasteiger partial charge is 0.504 e. The fourth-order valence-corrected chi connectivity index (χ4v) is 5.65. The van der Waals surface area contributed by atoms with Crippen LogP contribution in [0.4, 0.5) is 0 Å². The first-order valence-electron chi connectivity index (χ1n) is 14.0. The summed E-state index contributed by atoms with van der Waals surface area (Å²) in [5.74, 6) is -4.68. The molecule has 1 aromatic heterocycles. The third-order valence-electron chi connectivity index (χ3n) is 7.96. The molecule has 0 radical (unpaired) electrons. The van der Waals surface area contributed by atoms with Crippen LogP contribution in [0.15, 0.2) is 45.6 Å². The maximum atomic E-state index is 13.3. The number of hydrogen-bond acceptors (Lipinski definition) is 13. The van der Waals surface area contributed by atoms with Gasteiger partial charge < -0.3 is 59.1 Å². The van der Waals surface area contributed by atoms with Crippen molar-refractivity contribution in [1.82, 2.24) is 0 Å². The molecule has 238 valence electrons. The normalized spacial score (nSPS) is 28.9. The summed E-state index contributed by atoms with van der Waals surface area (Å²) in [6.07, 6.45) is -7.99. The Morgan fingerprint density at radius 3 is 2.48 bits per heavy atom. The summed E-state index contributed by atoms with van der Waals surface area (Å²) >= 11 is 0. The van der Waals surface area contributed by atoms with E-state index in [1.54, 1.807) is 24.3 Å². The van der Waals surface area contributed by atoms with Crippen molar-refractivity contribution in [2.45, 2.75) is 68.6 Å².